The number of benzene rings is 3. The van der Waals surface area contributed by atoms with Crippen molar-refractivity contribution in [2.45, 2.75) is 44.1 Å². The van der Waals surface area contributed by atoms with Crippen molar-refractivity contribution in [1.82, 2.24) is 0 Å². The van der Waals surface area contributed by atoms with Crippen molar-refractivity contribution in [2.75, 3.05) is 6.61 Å². The summed E-state index contributed by atoms with van der Waals surface area (Å²) >= 11 is 0. The normalized spacial score (nSPS) is 22.7. The summed E-state index contributed by atoms with van der Waals surface area (Å²) in [7, 11) is 0. The van der Waals surface area contributed by atoms with Gasteiger partial charge in [-0.3, -0.25) is 0 Å². The van der Waals surface area contributed by atoms with Crippen LogP contribution >= 0.6 is 0 Å². The third kappa shape index (κ3) is 6.15. The average molecular weight is 431 g/mol. The smallest absolute Gasteiger partial charge is 0.120 e. The third-order valence-electron chi connectivity index (χ3n) is 5.65. The van der Waals surface area contributed by atoms with E-state index in [1.807, 2.05) is 103 Å². The first-order valence-electron chi connectivity index (χ1n) is 11.0. The van der Waals surface area contributed by atoms with E-state index in [1.54, 1.807) is 0 Å². The Kier molecular flexibility index (Phi) is 7.86. The maximum absolute atomic E-state index is 11.6. The van der Waals surface area contributed by atoms with Gasteiger partial charge >= 0.3 is 0 Å². The van der Waals surface area contributed by atoms with Crippen LogP contribution in [0.5, 0.6) is 0 Å². The highest BCUT2D eigenvalue weighted by Crippen LogP contribution is 2.31. The van der Waals surface area contributed by atoms with E-state index >= 15 is 0 Å². The highest BCUT2D eigenvalue weighted by atomic mass is 16.6. The van der Waals surface area contributed by atoms with Crippen LogP contribution in [0.4, 0.5) is 0 Å². The van der Waals surface area contributed by atoms with E-state index in [9.17, 15) is 5.11 Å². The Morgan fingerprint density at radius 3 is 1.75 bits per heavy atom. The standard InChI is InChI=1S/C28H30O4/c29-28(22-30-19-23-11-4-1-5-12-23)18-10-17-26(31-20-24-13-6-2-7-14-24)27(28)32-21-25-15-8-3-9-16-25/h1-17,26-27,29H,18-22H2/t26-,27+,28+/m1/s1. The summed E-state index contributed by atoms with van der Waals surface area (Å²) in [5.74, 6) is 0. The van der Waals surface area contributed by atoms with Crippen LogP contribution < -0.4 is 0 Å². The quantitative estimate of drug-likeness (QED) is 0.457. The first-order chi connectivity index (χ1) is 15.7. The van der Waals surface area contributed by atoms with Crippen molar-refractivity contribution in [3.05, 3.63) is 120 Å². The second-order valence-electron chi connectivity index (χ2n) is 8.19. The molecule has 0 radical (unpaired) electrons. The molecule has 0 unspecified atom stereocenters. The van der Waals surface area contributed by atoms with Crippen LogP contribution in [0, 0.1) is 0 Å². The number of rotatable bonds is 10. The van der Waals surface area contributed by atoms with Crippen LogP contribution in [0.25, 0.3) is 0 Å². The maximum Gasteiger partial charge on any atom is 0.120 e. The van der Waals surface area contributed by atoms with Crippen LogP contribution in [0.2, 0.25) is 0 Å². The van der Waals surface area contributed by atoms with Crippen molar-refractivity contribution < 1.29 is 19.3 Å². The molecule has 4 heteroatoms. The predicted octanol–water partition coefficient (Wildman–Crippen LogP) is 5.07. The molecule has 0 aliphatic heterocycles. The molecular weight excluding hydrogens is 400 g/mol. The van der Waals surface area contributed by atoms with Gasteiger partial charge in [-0.25, -0.2) is 0 Å². The molecule has 1 aliphatic rings. The molecule has 1 aliphatic carbocycles. The Morgan fingerprint density at radius 2 is 1.19 bits per heavy atom. The summed E-state index contributed by atoms with van der Waals surface area (Å²) in [6.45, 7) is 1.44. The van der Waals surface area contributed by atoms with E-state index in [-0.39, 0.29) is 12.7 Å². The molecule has 1 N–H and O–H groups in total. The van der Waals surface area contributed by atoms with Gasteiger partial charge in [-0.15, -0.1) is 0 Å². The molecule has 0 saturated carbocycles. The zero-order valence-electron chi connectivity index (χ0n) is 18.2. The Bertz CT molecular complexity index is 958. The minimum Gasteiger partial charge on any atom is -0.384 e. The largest absolute Gasteiger partial charge is 0.384 e. The number of aliphatic hydroxyl groups is 1. The highest BCUT2D eigenvalue weighted by Gasteiger charge is 2.44. The molecule has 3 aromatic carbocycles. The molecule has 166 valence electrons. The van der Waals surface area contributed by atoms with E-state index in [4.69, 9.17) is 14.2 Å². The second kappa shape index (κ2) is 11.2. The van der Waals surface area contributed by atoms with Gasteiger partial charge in [0, 0.05) is 0 Å². The number of ether oxygens (including phenoxy) is 3. The topological polar surface area (TPSA) is 47.9 Å². The fraction of sp³-hybridized carbons (Fsp3) is 0.286. The molecule has 3 atom stereocenters. The summed E-state index contributed by atoms with van der Waals surface area (Å²) < 4.78 is 18.4. The first-order valence-corrected chi connectivity index (χ1v) is 11.0. The Hall–Kier alpha value is -2.76. The van der Waals surface area contributed by atoms with Crippen LogP contribution in [-0.4, -0.2) is 29.5 Å². The lowest BCUT2D eigenvalue weighted by atomic mass is 9.85. The fourth-order valence-corrected chi connectivity index (χ4v) is 3.91. The zero-order chi connectivity index (χ0) is 22.1. The minimum atomic E-state index is -1.18. The number of hydrogen-bond acceptors (Lipinski definition) is 4. The second-order valence-corrected chi connectivity index (χ2v) is 8.19. The highest BCUT2D eigenvalue weighted by molar-refractivity contribution is 5.17. The molecule has 0 fully saturated rings. The molecule has 0 saturated heterocycles. The molecule has 0 aromatic heterocycles. The van der Waals surface area contributed by atoms with E-state index in [0.29, 0.717) is 26.2 Å². The van der Waals surface area contributed by atoms with Crippen LogP contribution in [0.15, 0.2) is 103 Å². The fourth-order valence-electron chi connectivity index (χ4n) is 3.91. The first kappa shape index (κ1) is 22.4. The zero-order valence-corrected chi connectivity index (χ0v) is 18.2. The lowest BCUT2D eigenvalue weighted by Crippen LogP contribution is -2.55. The van der Waals surface area contributed by atoms with Crippen molar-refractivity contribution in [3.8, 4) is 0 Å². The summed E-state index contributed by atoms with van der Waals surface area (Å²) in [5.41, 5.74) is 2.02. The van der Waals surface area contributed by atoms with Crippen LogP contribution in [-0.2, 0) is 34.0 Å². The SMILES string of the molecule is O[C@]1(COCc2ccccc2)CC=C[C@@H](OCc2ccccc2)[C@@H]1OCc1ccccc1. The molecule has 4 nitrogen and oxygen atoms in total. The van der Waals surface area contributed by atoms with Gasteiger partial charge in [-0.05, 0) is 23.1 Å². The van der Waals surface area contributed by atoms with Crippen molar-refractivity contribution in [2.24, 2.45) is 0 Å². The van der Waals surface area contributed by atoms with Gasteiger partial charge in [0.1, 0.15) is 17.8 Å². The van der Waals surface area contributed by atoms with Gasteiger partial charge in [0.2, 0.25) is 0 Å². The maximum atomic E-state index is 11.6. The van der Waals surface area contributed by atoms with E-state index in [2.05, 4.69) is 0 Å². The van der Waals surface area contributed by atoms with Crippen LogP contribution in [0.3, 0.4) is 0 Å². The van der Waals surface area contributed by atoms with Crippen molar-refractivity contribution >= 4 is 0 Å². The van der Waals surface area contributed by atoms with Gasteiger partial charge in [0.15, 0.2) is 0 Å². The van der Waals surface area contributed by atoms with E-state index in [0.717, 1.165) is 16.7 Å². The summed E-state index contributed by atoms with van der Waals surface area (Å²) in [5, 5.41) is 11.6. The number of hydrogen-bond donors (Lipinski definition) is 1. The van der Waals surface area contributed by atoms with E-state index < -0.39 is 11.7 Å². The summed E-state index contributed by atoms with van der Waals surface area (Å²) in [4.78, 5) is 0. The molecular formula is C28H30O4. The van der Waals surface area contributed by atoms with Crippen LogP contribution in [0.1, 0.15) is 23.1 Å². The molecule has 0 amide bonds. The Balaban J connectivity index is 1.45. The summed E-state index contributed by atoms with van der Waals surface area (Å²) in [6.07, 6.45) is 3.48. The lowest BCUT2D eigenvalue weighted by Gasteiger charge is -2.41. The van der Waals surface area contributed by atoms with Crippen molar-refractivity contribution in [1.29, 1.82) is 0 Å². The lowest BCUT2D eigenvalue weighted by molar-refractivity contribution is -0.190. The molecule has 0 spiro atoms. The van der Waals surface area contributed by atoms with Gasteiger partial charge < -0.3 is 19.3 Å². The molecule has 3 aromatic rings. The van der Waals surface area contributed by atoms with Gasteiger partial charge in [0.05, 0.1) is 26.4 Å². The Labute approximate surface area is 190 Å². The van der Waals surface area contributed by atoms with Gasteiger partial charge in [0.25, 0.3) is 0 Å². The van der Waals surface area contributed by atoms with Gasteiger partial charge in [-0.2, -0.15) is 0 Å². The monoisotopic (exact) mass is 430 g/mol. The average Bonchev–Trinajstić information content (AvgIpc) is 2.84. The van der Waals surface area contributed by atoms with Crippen molar-refractivity contribution in [3.63, 3.8) is 0 Å². The van der Waals surface area contributed by atoms with E-state index in [1.165, 1.54) is 0 Å². The minimum absolute atomic E-state index is 0.164. The third-order valence-corrected chi connectivity index (χ3v) is 5.65. The molecule has 32 heavy (non-hydrogen) atoms. The summed E-state index contributed by atoms with van der Waals surface area (Å²) in [6, 6.07) is 30.0. The molecule has 0 heterocycles. The Morgan fingerprint density at radius 1 is 0.688 bits per heavy atom. The predicted molar refractivity (Wildman–Crippen MR) is 125 cm³/mol. The molecule has 4 rings (SSSR count). The molecule has 0 bridgehead atoms. The van der Waals surface area contributed by atoms with Gasteiger partial charge in [-0.1, -0.05) is 103 Å².